The van der Waals surface area contributed by atoms with Gasteiger partial charge in [-0.25, -0.2) is 9.78 Å². The van der Waals surface area contributed by atoms with Gasteiger partial charge in [0, 0.05) is 37.9 Å². The predicted octanol–water partition coefficient (Wildman–Crippen LogP) is 2.27. The molecule has 0 radical (unpaired) electrons. The minimum Gasteiger partial charge on any atom is -0.338 e. The molecule has 1 aliphatic heterocycles. The third kappa shape index (κ3) is 4.11. The zero-order valence-corrected chi connectivity index (χ0v) is 14.8. The lowest BCUT2D eigenvalue weighted by atomic mass is 10.1. The molecule has 3 heterocycles. The highest BCUT2D eigenvalue weighted by atomic mass is 16.5. The topological polar surface area (TPSA) is 97.0 Å². The summed E-state index contributed by atoms with van der Waals surface area (Å²) in [6.07, 6.45) is 6.38. The van der Waals surface area contributed by atoms with Crippen molar-refractivity contribution in [2.75, 3.05) is 19.6 Å². The van der Waals surface area contributed by atoms with E-state index >= 15 is 0 Å². The summed E-state index contributed by atoms with van der Waals surface area (Å²) < 4.78 is 5.29. The molecule has 2 amide bonds. The monoisotopic (exact) mass is 364 g/mol. The number of nitrogens with zero attached hydrogens (tertiary/aromatic N) is 5. The van der Waals surface area contributed by atoms with Crippen molar-refractivity contribution < 1.29 is 9.32 Å². The number of hydrogen-bond acceptors (Lipinski definition) is 6. The highest BCUT2D eigenvalue weighted by Gasteiger charge is 2.30. The van der Waals surface area contributed by atoms with Crippen molar-refractivity contribution in [1.29, 1.82) is 0 Å². The Labute approximate surface area is 156 Å². The maximum atomic E-state index is 12.4. The van der Waals surface area contributed by atoms with Crippen molar-refractivity contribution in [3.05, 3.63) is 60.3 Å². The number of aromatic nitrogens is 4. The molecule has 8 nitrogen and oxygen atoms in total. The molecule has 1 atom stereocenters. The lowest BCUT2D eigenvalue weighted by Gasteiger charge is -2.16. The van der Waals surface area contributed by atoms with Gasteiger partial charge in [-0.2, -0.15) is 4.98 Å². The standard InChI is InChI=1S/C19H20N6O2/c26-19(22-8-6-14-4-2-1-3-5-14)25-11-7-15(13-25)17-23-18(27-24-17)16-12-20-9-10-21-16/h1-5,9-10,12,15H,6-8,11,13H2,(H,22,26). The van der Waals surface area contributed by atoms with Crippen LogP contribution >= 0.6 is 0 Å². The minimum absolute atomic E-state index is 0.0499. The molecule has 8 heteroatoms. The van der Waals surface area contributed by atoms with Crippen molar-refractivity contribution >= 4 is 6.03 Å². The van der Waals surface area contributed by atoms with E-state index in [4.69, 9.17) is 4.52 Å². The summed E-state index contributed by atoms with van der Waals surface area (Å²) in [7, 11) is 0. The van der Waals surface area contributed by atoms with Gasteiger partial charge in [0.25, 0.3) is 5.89 Å². The Hall–Kier alpha value is -3.29. The molecule has 1 aromatic carbocycles. The van der Waals surface area contributed by atoms with E-state index < -0.39 is 0 Å². The van der Waals surface area contributed by atoms with Crippen molar-refractivity contribution in [1.82, 2.24) is 30.3 Å². The van der Waals surface area contributed by atoms with E-state index in [0.29, 0.717) is 37.0 Å². The number of benzene rings is 1. The number of carbonyl (C=O) groups is 1. The molecule has 27 heavy (non-hydrogen) atoms. The number of urea groups is 1. The molecule has 0 spiro atoms. The average molecular weight is 364 g/mol. The molecular weight excluding hydrogens is 344 g/mol. The van der Waals surface area contributed by atoms with Gasteiger partial charge in [-0.1, -0.05) is 35.5 Å². The maximum Gasteiger partial charge on any atom is 0.317 e. The highest BCUT2D eigenvalue weighted by molar-refractivity contribution is 5.74. The number of likely N-dealkylation sites (tertiary alicyclic amines) is 1. The van der Waals surface area contributed by atoms with Crippen molar-refractivity contribution in [3.63, 3.8) is 0 Å². The Kier molecular flexibility index (Phi) is 5.04. The smallest absolute Gasteiger partial charge is 0.317 e. The molecule has 1 unspecified atom stereocenters. The highest BCUT2D eigenvalue weighted by Crippen LogP contribution is 2.26. The first-order valence-corrected chi connectivity index (χ1v) is 8.96. The number of carbonyl (C=O) groups excluding carboxylic acids is 1. The maximum absolute atomic E-state index is 12.4. The van der Waals surface area contributed by atoms with Gasteiger partial charge in [-0.15, -0.1) is 0 Å². The van der Waals surface area contributed by atoms with Crippen LogP contribution in [0.2, 0.25) is 0 Å². The molecule has 0 aliphatic carbocycles. The zero-order valence-electron chi connectivity index (χ0n) is 14.8. The van der Waals surface area contributed by atoms with E-state index in [1.54, 1.807) is 23.5 Å². The van der Waals surface area contributed by atoms with E-state index in [1.807, 2.05) is 18.2 Å². The molecule has 4 rings (SSSR count). The minimum atomic E-state index is -0.0499. The number of rotatable bonds is 5. The van der Waals surface area contributed by atoms with Crippen molar-refractivity contribution in [3.8, 4) is 11.6 Å². The Morgan fingerprint density at radius 2 is 2.15 bits per heavy atom. The van der Waals surface area contributed by atoms with E-state index in [-0.39, 0.29) is 11.9 Å². The first-order valence-electron chi connectivity index (χ1n) is 8.96. The molecule has 1 saturated heterocycles. The van der Waals surface area contributed by atoms with E-state index in [9.17, 15) is 4.79 Å². The Bertz CT molecular complexity index is 883. The van der Waals surface area contributed by atoms with Crippen molar-refractivity contribution in [2.24, 2.45) is 0 Å². The Morgan fingerprint density at radius 3 is 2.96 bits per heavy atom. The summed E-state index contributed by atoms with van der Waals surface area (Å²) in [5.74, 6) is 1.03. The fourth-order valence-electron chi connectivity index (χ4n) is 3.14. The molecule has 0 saturated carbocycles. The van der Waals surface area contributed by atoms with Crippen LogP contribution in [0.5, 0.6) is 0 Å². The van der Waals surface area contributed by atoms with Crippen LogP contribution in [0.3, 0.4) is 0 Å². The predicted molar refractivity (Wildman–Crippen MR) is 97.8 cm³/mol. The normalized spacial score (nSPS) is 16.4. The van der Waals surface area contributed by atoms with Gasteiger partial charge in [-0.3, -0.25) is 4.98 Å². The molecule has 0 bridgehead atoms. The number of amides is 2. The lowest BCUT2D eigenvalue weighted by molar-refractivity contribution is 0.208. The van der Waals surface area contributed by atoms with Crippen LogP contribution in [0.1, 0.15) is 23.7 Å². The number of nitrogens with one attached hydrogen (secondary N) is 1. The van der Waals surface area contributed by atoms with Crippen LogP contribution in [0.15, 0.2) is 53.4 Å². The first kappa shape index (κ1) is 17.1. The summed E-state index contributed by atoms with van der Waals surface area (Å²) in [4.78, 5) is 26.8. The fourth-order valence-corrected chi connectivity index (χ4v) is 3.14. The average Bonchev–Trinajstić information content (AvgIpc) is 3.39. The molecular formula is C19H20N6O2. The summed E-state index contributed by atoms with van der Waals surface area (Å²) in [6, 6.07) is 10.1. The Morgan fingerprint density at radius 1 is 1.26 bits per heavy atom. The van der Waals surface area contributed by atoms with Crippen molar-refractivity contribution in [2.45, 2.75) is 18.8 Å². The second kappa shape index (κ2) is 7.94. The fraction of sp³-hybridized carbons (Fsp3) is 0.316. The lowest BCUT2D eigenvalue weighted by Crippen LogP contribution is -2.39. The third-order valence-corrected chi connectivity index (χ3v) is 4.60. The van der Waals surface area contributed by atoms with Gasteiger partial charge < -0.3 is 14.7 Å². The summed E-state index contributed by atoms with van der Waals surface area (Å²) >= 11 is 0. The largest absolute Gasteiger partial charge is 0.338 e. The van der Waals surface area contributed by atoms with Gasteiger partial charge in [0.15, 0.2) is 5.82 Å². The van der Waals surface area contributed by atoms with Gasteiger partial charge in [0.05, 0.1) is 6.20 Å². The van der Waals surface area contributed by atoms with Crippen LogP contribution in [0, 0.1) is 0 Å². The van der Waals surface area contributed by atoms with Gasteiger partial charge >= 0.3 is 6.03 Å². The van der Waals surface area contributed by atoms with Crippen LogP contribution in [-0.4, -0.2) is 50.7 Å². The molecule has 2 aromatic heterocycles. The quantitative estimate of drug-likeness (QED) is 0.746. The van der Waals surface area contributed by atoms with Crippen LogP contribution in [0.25, 0.3) is 11.6 Å². The molecule has 1 aliphatic rings. The van der Waals surface area contributed by atoms with Crippen LogP contribution in [0.4, 0.5) is 4.79 Å². The van der Waals surface area contributed by atoms with Crippen LogP contribution < -0.4 is 5.32 Å². The molecule has 1 fully saturated rings. The summed E-state index contributed by atoms with van der Waals surface area (Å²) in [6.45, 7) is 1.87. The van der Waals surface area contributed by atoms with E-state index in [0.717, 1.165) is 12.8 Å². The summed E-state index contributed by atoms with van der Waals surface area (Å²) in [5.41, 5.74) is 1.75. The third-order valence-electron chi connectivity index (χ3n) is 4.60. The molecule has 3 aromatic rings. The second-order valence-corrected chi connectivity index (χ2v) is 6.45. The zero-order chi connectivity index (χ0) is 18.5. The second-order valence-electron chi connectivity index (χ2n) is 6.45. The summed E-state index contributed by atoms with van der Waals surface area (Å²) in [5, 5.41) is 7.04. The van der Waals surface area contributed by atoms with E-state index in [2.05, 4.69) is 37.6 Å². The number of hydrogen-bond donors (Lipinski definition) is 1. The first-order chi connectivity index (χ1) is 13.3. The van der Waals surface area contributed by atoms with Crippen LogP contribution in [-0.2, 0) is 6.42 Å². The van der Waals surface area contributed by atoms with Gasteiger partial charge in [-0.05, 0) is 18.4 Å². The molecule has 138 valence electrons. The Balaban J connectivity index is 1.29. The van der Waals surface area contributed by atoms with E-state index in [1.165, 1.54) is 5.56 Å². The van der Waals surface area contributed by atoms with Gasteiger partial charge in [0.2, 0.25) is 0 Å². The van der Waals surface area contributed by atoms with Gasteiger partial charge in [0.1, 0.15) is 5.69 Å². The molecule has 1 N–H and O–H groups in total. The SMILES string of the molecule is O=C(NCCc1ccccc1)N1CCC(c2noc(-c3cnccn3)n2)C1.